The van der Waals surface area contributed by atoms with Gasteiger partial charge in [0.05, 0.1) is 12.1 Å². The van der Waals surface area contributed by atoms with Crippen molar-refractivity contribution in [1.82, 2.24) is 5.32 Å². The summed E-state index contributed by atoms with van der Waals surface area (Å²) in [5, 5.41) is 2.51. The molecule has 0 aliphatic carbocycles. The van der Waals surface area contributed by atoms with E-state index in [1.54, 1.807) is 7.11 Å². The number of nitrogens with two attached hydrogens (primary N) is 1. The van der Waals surface area contributed by atoms with Gasteiger partial charge in [-0.05, 0) is 13.8 Å². The van der Waals surface area contributed by atoms with Crippen LogP contribution in [-0.2, 0) is 4.74 Å². The molecule has 0 bridgehead atoms. The Morgan fingerprint density at radius 2 is 2.10 bits per heavy atom. The number of hydrogen-bond acceptors (Lipinski definition) is 2. The van der Waals surface area contributed by atoms with Crippen molar-refractivity contribution in [2.24, 2.45) is 5.73 Å². The van der Waals surface area contributed by atoms with Gasteiger partial charge in [0.25, 0.3) is 0 Å². The molecule has 10 heavy (non-hydrogen) atoms. The molecule has 0 spiro atoms. The maximum atomic E-state index is 10.3. The van der Waals surface area contributed by atoms with Gasteiger partial charge in [-0.15, -0.1) is 0 Å². The first-order valence-corrected chi connectivity index (χ1v) is 3.16. The molecule has 0 aromatic rings. The Labute approximate surface area is 60.7 Å². The van der Waals surface area contributed by atoms with Crippen LogP contribution in [0, 0.1) is 0 Å². The predicted octanol–water partition coefficient (Wildman–Crippen LogP) is 0.0781. The molecular weight excluding hydrogens is 132 g/mol. The lowest BCUT2D eigenvalue weighted by Gasteiger charge is -2.18. The molecule has 0 aromatic heterocycles. The third-order valence-electron chi connectivity index (χ3n) is 1.45. The van der Waals surface area contributed by atoms with Crippen molar-refractivity contribution in [2.45, 2.75) is 26.0 Å². The molecule has 1 unspecified atom stereocenters. The normalized spacial score (nSPS) is 15.9. The van der Waals surface area contributed by atoms with Crippen LogP contribution in [0.3, 0.4) is 0 Å². The summed E-state index contributed by atoms with van der Waals surface area (Å²) in [5.41, 5.74) is 4.88. The number of carbonyl (C=O) groups is 1. The van der Waals surface area contributed by atoms with Gasteiger partial charge in [0.15, 0.2) is 0 Å². The highest BCUT2D eigenvalue weighted by Crippen LogP contribution is 1.94. The number of rotatable bonds is 3. The van der Waals surface area contributed by atoms with E-state index in [0.29, 0.717) is 0 Å². The van der Waals surface area contributed by atoms with Crippen molar-refractivity contribution in [2.75, 3.05) is 7.11 Å². The van der Waals surface area contributed by atoms with Gasteiger partial charge in [0, 0.05) is 7.11 Å². The van der Waals surface area contributed by atoms with Crippen LogP contribution in [0.25, 0.3) is 0 Å². The van der Waals surface area contributed by atoms with E-state index in [0.717, 1.165) is 0 Å². The van der Waals surface area contributed by atoms with Crippen molar-refractivity contribution < 1.29 is 9.53 Å². The van der Waals surface area contributed by atoms with E-state index < -0.39 is 6.03 Å². The maximum Gasteiger partial charge on any atom is 0.312 e. The number of primary amides is 1. The third kappa shape index (κ3) is 3.29. The first-order chi connectivity index (χ1) is 4.57. The van der Waals surface area contributed by atoms with Crippen molar-refractivity contribution in [3.63, 3.8) is 0 Å². The van der Waals surface area contributed by atoms with Gasteiger partial charge in [-0.1, -0.05) is 0 Å². The fourth-order valence-electron chi connectivity index (χ4n) is 0.546. The molecule has 60 valence electrons. The fraction of sp³-hybridized carbons (Fsp3) is 0.833. The molecule has 0 saturated carbocycles. The van der Waals surface area contributed by atoms with Crippen LogP contribution in [0.4, 0.5) is 4.79 Å². The molecule has 2 atom stereocenters. The van der Waals surface area contributed by atoms with Crippen molar-refractivity contribution in [3.8, 4) is 0 Å². The monoisotopic (exact) mass is 146 g/mol. The van der Waals surface area contributed by atoms with Gasteiger partial charge < -0.3 is 15.8 Å². The lowest BCUT2D eigenvalue weighted by molar-refractivity contribution is 0.0917. The number of methoxy groups -OCH3 is 1. The molecule has 4 nitrogen and oxygen atoms in total. The van der Waals surface area contributed by atoms with Crippen molar-refractivity contribution in [3.05, 3.63) is 0 Å². The average molecular weight is 146 g/mol. The van der Waals surface area contributed by atoms with Crippen molar-refractivity contribution in [1.29, 1.82) is 0 Å². The van der Waals surface area contributed by atoms with E-state index in [1.807, 2.05) is 13.8 Å². The summed E-state index contributed by atoms with van der Waals surface area (Å²) < 4.78 is 4.94. The van der Waals surface area contributed by atoms with E-state index in [1.165, 1.54) is 0 Å². The van der Waals surface area contributed by atoms with Gasteiger partial charge in [0.2, 0.25) is 0 Å². The summed E-state index contributed by atoms with van der Waals surface area (Å²) in [6, 6.07) is -0.557. The Kier molecular flexibility index (Phi) is 3.79. The Morgan fingerprint density at radius 1 is 1.60 bits per heavy atom. The van der Waals surface area contributed by atoms with Crippen LogP contribution in [0.5, 0.6) is 0 Å². The van der Waals surface area contributed by atoms with E-state index in [2.05, 4.69) is 5.32 Å². The number of carbonyl (C=O) groups excluding carboxylic acids is 1. The summed E-state index contributed by atoms with van der Waals surface area (Å²) in [7, 11) is 1.59. The second kappa shape index (κ2) is 4.11. The van der Waals surface area contributed by atoms with Crippen LogP contribution in [0.15, 0.2) is 0 Å². The first-order valence-electron chi connectivity index (χ1n) is 3.16. The molecule has 2 amide bonds. The Balaban J connectivity index is 3.61. The number of ether oxygens (including phenoxy) is 1. The minimum absolute atomic E-state index is 0.00694. The SMILES string of the molecule is COC(C)[C@@H](C)NC(N)=O. The van der Waals surface area contributed by atoms with Crippen LogP contribution >= 0.6 is 0 Å². The summed E-state index contributed by atoms with van der Waals surface area (Å²) >= 11 is 0. The molecule has 3 N–H and O–H groups in total. The van der Waals surface area contributed by atoms with Gasteiger partial charge in [-0.3, -0.25) is 0 Å². The largest absolute Gasteiger partial charge is 0.380 e. The van der Waals surface area contributed by atoms with Gasteiger partial charge in [-0.2, -0.15) is 0 Å². The number of nitrogens with one attached hydrogen (secondary N) is 1. The Hall–Kier alpha value is -0.770. The Morgan fingerprint density at radius 3 is 2.40 bits per heavy atom. The molecular formula is C6H14N2O2. The van der Waals surface area contributed by atoms with E-state index in [-0.39, 0.29) is 12.1 Å². The highest BCUT2D eigenvalue weighted by atomic mass is 16.5. The molecule has 0 aliphatic rings. The molecule has 0 fully saturated rings. The van der Waals surface area contributed by atoms with Crippen LogP contribution in [0.2, 0.25) is 0 Å². The third-order valence-corrected chi connectivity index (χ3v) is 1.45. The minimum atomic E-state index is -0.517. The van der Waals surface area contributed by atoms with Gasteiger partial charge >= 0.3 is 6.03 Å². The first kappa shape index (κ1) is 9.23. The van der Waals surface area contributed by atoms with E-state index >= 15 is 0 Å². The number of urea groups is 1. The quantitative estimate of drug-likeness (QED) is 0.592. The highest BCUT2D eigenvalue weighted by molar-refractivity contribution is 5.71. The minimum Gasteiger partial charge on any atom is -0.380 e. The molecule has 4 heteroatoms. The van der Waals surface area contributed by atoms with Gasteiger partial charge in [-0.25, -0.2) is 4.79 Å². The fourth-order valence-corrected chi connectivity index (χ4v) is 0.546. The summed E-state index contributed by atoms with van der Waals surface area (Å²) in [4.78, 5) is 10.3. The predicted molar refractivity (Wildman–Crippen MR) is 38.7 cm³/mol. The van der Waals surface area contributed by atoms with E-state index in [9.17, 15) is 4.79 Å². The zero-order valence-electron chi connectivity index (χ0n) is 6.55. The zero-order valence-corrected chi connectivity index (χ0v) is 6.55. The molecule has 0 rings (SSSR count). The van der Waals surface area contributed by atoms with E-state index in [4.69, 9.17) is 10.5 Å². The second-order valence-electron chi connectivity index (χ2n) is 2.24. The molecule has 0 aliphatic heterocycles. The summed E-state index contributed by atoms with van der Waals surface area (Å²) in [6.45, 7) is 3.69. The lowest BCUT2D eigenvalue weighted by Crippen LogP contribution is -2.43. The summed E-state index contributed by atoms with van der Waals surface area (Å²) in [6.07, 6.45) is -0.00694. The summed E-state index contributed by atoms with van der Waals surface area (Å²) in [5.74, 6) is 0. The Bertz CT molecular complexity index is 116. The molecule has 0 aromatic carbocycles. The molecule has 0 radical (unpaired) electrons. The number of hydrogen-bond donors (Lipinski definition) is 2. The standard InChI is InChI=1S/C6H14N2O2/c1-4(5(2)10-3)8-6(7)9/h4-5H,1-3H3,(H3,7,8,9)/t4-,5?/m1/s1. The highest BCUT2D eigenvalue weighted by Gasteiger charge is 2.11. The van der Waals surface area contributed by atoms with Gasteiger partial charge in [0.1, 0.15) is 0 Å². The smallest absolute Gasteiger partial charge is 0.312 e. The van der Waals surface area contributed by atoms with Crippen molar-refractivity contribution >= 4 is 6.03 Å². The molecule has 0 saturated heterocycles. The molecule has 0 heterocycles. The average Bonchev–Trinajstić information content (AvgIpc) is 1.85. The van der Waals surface area contributed by atoms with Crippen LogP contribution in [-0.4, -0.2) is 25.3 Å². The van der Waals surface area contributed by atoms with Crippen LogP contribution < -0.4 is 11.1 Å². The second-order valence-corrected chi connectivity index (χ2v) is 2.24. The maximum absolute atomic E-state index is 10.3. The lowest BCUT2D eigenvalue weighted by atomic mass is 10.2. The topological polar surface area (TPSA) is 64.3 Å². The number of amides is 2. The zero-order chi connectivity index (χ0) is 8.15. The van der Waals surface area contributed by atoms with Crippen LogP contribution in [0.1, 0.15) is 13.8 Å².